The number of primary amides is 1. The van der Waals surface area contributed by atoms with Crippen LogP contribution in [0.15, 0.2) is 24.3 Å². The molecular weight excluding hydrogens is 200 g/mol. The smallest absolute Gasteiger partial charge is 0.248 e. The van der Waals surface area contributed by atoms with E-state index in [1.54, 1.807) is 24.3 Å². The van der Waals surface area contributed by atoms with Crippen molar-refractivity contribution in [1.82, 2.24) is 0 Å². The molecule has 1 atom stereocenters. The van der Waals surface area contributed by atoms with Gasteiger partial charge in [-0.15, -0.1) is 0 Å². The summed E-state index contributed by atoms with van der Waals surface area (Å²) >= 11 is 0. The summed E-state index contributed by atoms with van der Waals surface area (Å²) < 4.78 is 11.1. The molecule has 0 saturated carbocycles. The Morgan fingerprint density at radius 1 is 1.29 bits per heavy atom. The fourth-order valence-corrected chi connectivity index (χ4v) is 1.69. The monoisotopic (exact) mass is 212 g/mol. The Morgan fingerprint density at radius 3 is 2.29 bits per heavy atom. The summed E-state index contributed by atoms with van der Waals surface area (Å²) in [5.74, 6) is 0.101. The van der Waals surface area contributed by atoms with Gasteiger partial charge in [0.1, 0.15) is 0 Å². The fraction of sp³-hybridized carbons (Fsp3) is 0.222. The second-order valence-electron chi connectivity index (χ2n) is 2.81. The van der Waals surface area contributed by atoms with Crippen LogP contribution in [0.5, 0.6) is 0 Å². The predicted molar refractivity (Wildman–Crippen MR) is 55.9 cm³/mol. The molecule has 0 aromatic heterocycles. The number of carbonyl (C=O) groups is 1. The third-order valence-corrected chi connectivity index (χ3v) is 2.78. The molecular formula is C9H12N2O2S. The lowest BCUT2D eigenvalue weighted by atomic mass is 10.1. The highest BCUT2D eigenvalue weighted by Gasteiger charge is 2.02. The van der Waals surface area contributed by atoms with E-state index in [1.165, 1.54) is 0 Å². The van der Waals surface area contributed by atoms with Gasteiger partial charge in [0.2, 0.25) is 5.91 Å². The van der Waals surface area contributed by atoms with Crippen LogP contribution in [0, 0.1) is 0 Å². The third-order valence-electron chi connectivity index (χ3n) is 1.75. The summed E-state index contributed by atoms with van der Waals surface area (Å²) in [4.78, 5) is 10.7. The topological polar surface area (TPSA) is 86.2 Å². The normalized spacial score (nSPS) is 12.4. The van der Waals surface area contributed by atoms with Gasteiger partial charge < -0.3 is 11.5 Å². The average Bonchev–Trinajstić information content (AvgIpc) is 2.18. The van der Waals surface area contributed by atoms with Gasteiger partial charge in [-0.3, -0.25) is 9.00 Å². The molecule has 1 aromatic carbocycles. The van der Waals surface area contributed by atoms with E-state index < -0.39 is 16.7 Å². The second-order valence-corrected chi connectivity index (χ2v) is 4.31. The highest BCUT2D eigenvalue weighted by atomic mass is 32.2. The highest BCUT2D eigenvalue weighted by Crippen LogP contribution is 2.06. The van der Waals surface area contributed by atoms with Crippen LogP contribution in [0.25, 0.3) is 0 Å². The second kappa shape index (κ2) is 4.88. The van der Waals surface area contributed by atoms with Crippen molar-refractivity contribution >= 4 is 16.7 Å². The van der Waals surface area contributed by atoms with Gasteiger partial charge >= 0.3 is 0 Å². The highest BCUT2D eigenvalue weighted by molar-refractivity contribution is 7.84. The molecule has 14 heavy (non-hydrogen) atoms. The van der Waals surface area contributed by atoms with E-state index in [0.717, 1.165) is 5.56 Å². The van der Waals surface area contributed by atoms with Crippen LogP contribution in [0.3, 0.4) is 0 Å². The van der Waals surface area contributed by atoms with Gasteiger partial charge in [-0.25, -0.2) is 0 Å². The number of nitrogens with two attached hydrogens (primary N) is 2. The molecule has 1 rings (SSSR count). The number of hydrogen-bond donors (Lipinski definition) is 2. The van der Waals surface area contributed by atoms with Crippen LogP contribution >= 0.6 is 0 Å². The van der Waals surface area contributed by atoms with Gasteiger partial charge in [0, 0.05) is 22.1 Å². The minimum atomic E-state index is -1.03. The lowest BCUT2D eigenvalue weighted by Crippen LogP contribution is -2.11. The maximum atomic E-state index is 11.1. The first-order valence-corrected chi connectivity index (χ1v) is 5.56. The Morgan fingerprint density at radius 2 is 1.86 bits per heavy atom. The van der Waals surface area contributed by atoms with Crippen molar-refractivity contribution in [1.29, 1.82) is 0 Å². The predicted octanol–water partition coefficient (Wildman–Crippen LogP) is -0.0496. The zero-order valence-electron chi connectivity index (χ0n) is 7.60. The lowest BCUT2D eigenvalue weighted by Gasteiger charge is -2.00. The van der Waals surface area contributed by atoms with E-state index in [1.807, 2.05) is 0 Å². The van der Waals surface area contributed by atoms with Crippen LogP contribution < -0.4 is 11.5 Å². The Kier molecular flexibility index (Phi) is 3.79. The van der Waals surface area contributed by atoms with Crippen molar-refractivity contribution in [3.63, 3.8) is 0 Å². The fourth-order valence-electron chi connectivity index (χ4n) is 1.01. The molecule has 0 bridgehead atoms. The summed E-state index contributed by atoms with van der Waals surface area (Å²) in [6, 6.07) is 6.69. The van der Waals surface area contributed by atoms with Crippen molar-refractivity contribution in [3.8, 4) is 0 Å². The zero-order valence-corrected chi connectivity index (χ0v) is 8.42. The Balaban J connectivity index is 2.73. The van der Waals surface area contributed by atoms with Crippen LogP contribution in [-0.4, -0.2) is 16.0 Å². The molecule has 1 aromatic rings. The summed E-state index contributed by atoms with van der Waals surface area (Å²) in [5.41, 5.74) is 11.6. The van der Waals surface area contributed by atoms with Crippen molar-refractivity contribution in [2.24, 2.45) is 11.5 Å². The van der Waals surface area contributed by atoms with Crippen LogP contribution in [-0.2, 0) is 16.6 Å². The van der Waals surface area contributed by atoms with Gasteiger partial charge in [-0.05, 0) is 17.7 Å². The molecule has 5 heteroatoms. The van der Waals surface area contributed by atoms with Crippen LogP contribution in [0.1, 0.15) is 15.9 Å². The van der Waals surface area contributed by atoms with Gasteiger partial charge in [-0.1, -0.05) is 12.1 Å². The van der Waals surface area contributed by atoms with E-state index >= 15 is 0 Å². The minimum absolute atomic E-state index is 0.150. The maximum Gasteiger partial charge on any atom is 0.248 e. The molecule has 4 N–H and O–H groups in total. The summed E-state index contributed by atoms with van der Waals surface area (Å²) in [6.07, 6.45) is 0. The molecule has 0 radical (unpaired) electrons. The van der Waals surface area contributed by atoms with Crippen molar-refractivity contribution in [2.75, 3.05) is 5.88 Å². The Hall–Kier alpha value is -1.20. The molecule has 1 unspecified atom stereocenters. The number of benzene rings is 1. The first-order valence-electron chi connectivity index (χ1n) is 4.07. The molecule has 0 spiro atoms. The summed E-state index contributed by atoms with van der Waals surface area (Å²) in [7, 11) is -1.03. The number of rotatable bonds is 4. The zero-order chi connectivity index (χ0) is 10.6. The SMILES string of the molecule is NCS(=O)Cc1ccc(C(N)=O)cc1. The van der Waals surface area contributed by atoms with E-state index in [-0.39, 0.29) is 5.88 Å². The lowest BCUT2D eigenvalue weighted by molar-refractivity contribution is 0.100. The van der Waals surface area contributed by atoms with Gasteiger partial charge in [0.25, 0.3) is 0 Å². The first kappa shape index (κ1) is 10.9. The third kappa shape index (κ3) is 2.93. The Bertz CT molecular complexity index is 348. The molecule has 0 saturated heterocycles. The first-order chi connectivity index (χ1) is 6.63. The maximum absolute atomic E-state index is 11.1. The van der Waals surface area contributed by atoms with Gasteiger partial charge in [0.15, 0.2) is 0 Å². The number of hydrogen-bond acceptors (Lipinski definition) is 3. The van der Waals surface area contributed by atoms with E-state index in [9.17, 15) is 9.00 Å². The number of carbonyl (C=O) groups excluding carboxylic acids is 1. The molecule has 0 fully saturated rings. The number of amides is 1. The quantitative estimate of drug-likeness (QED) is 0.733. The molecule has 0 aliphatic heterocycles. The van der Waals surface area contributed by atoms with Crippen LogP contribution in [0.2, 0.25) is 0 Å². The van der Waals surface area contributed by atoms with Crippen molar-refractivity contribution in [3.05, 3.63) is 35.4 Å². The molecule has 4 nitrogen and oxygen atoms in total. The molecule has 0 aliphatic carbocycles. The standard InChI is InChI=1S/C9H12N2O2S/c10-6-14(13)5-7-1-3-8(4-2-7)9(11)12/h1-4H,5-6,10H2,(H2,11,12). The van der Waals surface area contributed by atoms with Gasteiger partial charge in [0.05, 0.1) is 5.88 Å². The summed E-state index contributed by atoms with van der Waals surface area (Å²) in [5, 5.41) is 0. The van der Waals surface area contributed by atoms with E-state index in [0.29, 0.717) is 11.3 Å². The molecule has 0 aliphatic rings. The molecule has 0 heterocycles. The largest absolute Gasteiger partial charge is 0.366 e. The van der Waals surface area contributed by atoms with E-state index in [4.69, 9.17) is 11.5 Å². The molecule has 76 valence electrons. The van der Waals surface area contributed by atoms with Crippen molar-refractivity contribution in [2.45, 2.75) is 5.75 Å². The van der Waals surface area contributed by atoms with E-state index in [2.05, 4.69) is 0 Å². The average molecular weight is 212 g/mol. The van der Waals surface area contributed by atoms with Gasteiger partial charge in [-0.2, -0.15) is 0 Å². The Labute approximate surface area is 84.7 Å². The molecule has 1 amide bonds. The van der Waals surface area contributed by atoms with Crippen molar-refractivity contribution < 1.29 is 9.00 Å². The minimum Gasteiger partial charge on any atom is -0.366 e. The summed E-state index contributed by atoms with van der Waals surface area (Å²) in [6.45, 7) is 0. The van der Waals surface area contributed by atoms with Crippen LogP contribution in [0.4, 0.5) is 0 Å².